The summed E-state index contributed by atoms with van der Waals surface area (Å²) in [6.45, 7) is 1.49. The highest BCUT2D eigenvalue weighted by Gasteiger charge is 2.23. The average molecular weight is 326 g/mol. The molecule has 1 aromatic heterocycles. The third-order valence-corrected chi connectivity index (χ3v) is 4.52. The summed E-state index contributed by atoms with van der Waals surface area (Å²) in [7, 11) is 3.80. The van der Waals surface area contributed by atoms with Gasteiger partial charge >= 0.3 is 0 Å². The Hall–Kier alpha value is -2.76. The number of aryl methyl sites for hydroxylation is 1. The summed E-state index contributed by atoms with van der Waals surface area (Å²) in [5.41, 5.74) is 8.60. The molecule has 0 aliphatic carbocycles. The molecule has 24 heavy (non-hydrogen) atoms. The van der Waals surface area contributed by atoms with E-state index in [0.29, 0.717) is 23.7 Å². The molecule has 3 rings (SSSR count). The number of carbonyl (C=O) groups is 2. The molecule has 0 fully saturated rings. The standard InChI is InChI=1S/C18H22N4O2/c1-21-10-12(7-13-5-3-4-6-15(13)21)9-20-18(24)16-8-14(17(19)23)11-22(16)2/h3-6,8,11-12H,7,9-10H2,1-2H3,(H2,19,23)(H,20,24). The summed E-state index contributed by atoms with van der Waals surface area (Å²) < 4.78 is 1.62. The van der Waals surface area contributed by atoms with Crippen molar-refractivity contribution in [1.29, 1.82) is 0 Å². The van der Waals surface area contributed by atoms with Crippen molar-refractivity contribution in [3.63, 3.8) is 0 Å². The van der Waals surface area contributed by atoms with E-state index in [2.05, 4.69) is 29.4 Å². The third kappa shape index (κ3) is 3.13. The molecule has 1 aromatic carbocycles. The first kappa shape index (κ1) is 16.1. The topological polar surface area (TPSA) is 80.4 Å². The van der Waals surface area contributed by atoms with Gasteiger partial charge in [0.15, 0.2) is 0 Å². The van der Waals surface area contributed by atoms with Crippen LogP contribution < -0.4 is 16.0 Å². The summed E-state index contributed by atoms with van der Waals surface area (Å²) in [6, 6.07) is 9.88. The van der Waals surface area contributed by atoms with E-state index in [9.17, 15) is 9.59 Å². The summed E-state index contributed by atoms with van der Waals surface area (Å²) in [4.78, 5) is 25.8. The predicted molar refractivity (Wildman–Crippen MR) is 93.2 cm³/mol. The van der Waals surface area contributed by atoms with Gasteiger partial charge in [-0.05, 0) is 30.0 Å². The van der Waals surface area contributed by atoms with Gasteiger partial charge in [-0.15, -0.1) is 0 Å². The molecule has 2 aromatic rings. The average Bonchev–Trinajstić information content (AvgIpc) is 2.95. The number of hydrogen-bond donors (Lipinski definition) is 2. The molecule has 1 aliphatic heterocycles. The van der Waals surface area contributed by atoms with Gasteiger partial charge in [-0.3, -0.25) is 9.59 Å². The van der Waals surface area contributed by atoms with E-state index in [4.69, 9.17) is 5.73 Å². The number of aromatic nitrogens is 1. The van der Waals surface area contributed by atoms with Gasteiger partial charge in [0.2, 0.25) is 5.91 Å². The number of carbonyl (C=O) groups excluding carboxylic acids is 2. The lowest BCUT2D eigenvalue weighted by Crippen LogP contribution is -2.39. The zero-order valence-electron chi connectivity index (χ0n) is 14.0. The smallest absolute Gasteiger partial charge is 0.267 e. The molecule has 1 atom stereocenters. The fourth-order valence-corrected chi connectivity index (χ4v) is 3.31. The number of fused-ring (bicyclic) bond motifs is 1. The number of nitrogens with zero attached hydrogens (tertiary/aromatic N) is 2. The maximum atomic E-state index is 12.4. The minimum atomic E-state index is -0.532. The Morgan fingerprint density at radius 3 is 2.75 bits per heavy atom. The lowest BCUT2D eigenvalue weighted by molar-refractivity contribution is 0.0938. The molecule has 1 unspecified atom stereocenters. The first-order valence-electron chi connectivity index (χ1n) is 7.99. The number of amides is 2. The molecule has 0 saturated heterocycles. The van der Waals surface area contributed by atoms with Crippen molar-refractivity contribution < 1.29 is 9.59 Å². The molecule has 3 N–H and O–H groups in total. The van der Waals surface area contributed by atoms with Crippen molar-refractivity contribution >= 4 is 17.5 Å². The van der Waals surface area contributed by atoms with Crippen molar-refractivity contribution in [2.75, 3.05) is 25.0 Å². The van der Waals surface area contributed by atoms with Gasteiger partial charge in [0.05, 0.1) is 5.56 Å². The highest BCUT2D eigenvalue weighted by atomic mass is 16.2. The number of hydrogen-bond acceptors (Lipinski definition) is 3. The van der Waals surface area contributed by atoms with Crippen LogP contribution in [0, 0.1) is 5.92 Å². The van der Waals surface area contributed by atoms with E-state index < -0.39 is 5.91 Å². The fraction of sp³-hybridized carbons (Fsp3) is 0.333. The molecule has 0 saturated carbocycles. The molecule has 126 valence electrons. The molecule has 0 radical (unpaired) electrons. The zero-order valence-corrected chi connectivity index (χ0v) is 14.0. The predicted octanol–water partition coefficient (Wildman–Crippen LogP) is 1.16. The second kappa shape index (κ2) is 6.39. The minimum absolute atomic E-state index is 0.188. The quantitative estimate of drug-likeness (QED) is 0.885. The van der Waals surface area contributed by atoms with E-state index in [1.54, 1.807) is 17.8 Å². The minimum Gasteiger partial charge on any atom is -0.374 e. The molecule has 6 nitrogen and oxygen atoms in total. The molecule has 0 spiro atoms. The van der Waals surface area contributed by atoms with Crippen LogP contribution in [0.5, 0.6) is 0 Å². The molecule has 0 bridgehead atoms. The first-order valence-corrected chi connectivity index (χ1v) is 7.99. The van der Waals surface area contributed by atoms with Crippen molar-refractivity contribution in [1.82, 2.24) is 9.88 Å². The Bertz CT molecular complexity index is 781. The maximum absolute atomic E-state index is 12.4. The number of nitrogens with two attached hydrogens (primary N) is 1. The van der Waals surface area contributed by atoms with E-state index in [0.717, 1.165) is 13.0 Å². The van der Waals surface area contributed by atoms with Gasteiger partial charge in [0, 0.05) is 39.1 Å². The zero-order chi connectivity index (χ0) is 17.3. The van der Waals surface area contributed by atoms with Crippen molar-refractivity contribution in [3.8, 4) is 0 Å². The number of rotatable bonds is 4. The summed E-state index contributed by atoms with van der Waals surface area (Å²) >= 11 is 0. The van der Waals surface area contributed by atoms with E-state index >= 15 is 0 Å². The van der Waals surface area contributed by atoms with E-state index in [1.807, 2.05) is 12.1 Å². The number of anilines is 1. The van der Waals surface area contributed by atoms with Crippen LogP contribution in [0.15, 0.2) is 36.5 Å². The monoisotopic (exact) mass is 326 g/mol. The number of primary amides is 1. The second-order valence-electron chi connectivity index (χ2n) is 6.38. The SMILES string of the molecule is CN1CC(CNC(=O)c2cc(C(N)=O)cn2C)Cc2ccccc21. The Kier molecular flexibility index (Phi) is 4.29. The van der Waals surface area contributed by atoms with Gasteiger partial charge in [-0.1, -0.05) is 18.2 Å². The van der Waals surface area contributed by atoms with Gasteiger partial charge < -0.3 is 20.5 Å². The van der Waals surface area contributed by atoms with Crippen LogP contribution in [0.25, 0.3) is 0 Å². The van der Waals surface area contributed by atoms with E-state index in [1.165, 1.54) is 17.3 Å². The summed E-state index contributed by atoms with van der Waals surface area (Å²) in [5.74, 6) is -0.369. The molecular formula is C18H22N4O2. The van der Waals surface area contributed by atoms with Crippen LogP contribution in [-0.4, -0.2) is 36.5 Å². The van der Waals surface area contributed by atoms with Crippen LogP contribution in [0.4, 0.5) is 5.69 Å². The molecule has 6 heteroatoms. The number of nitrogens with one attached hydrogen (secondary N) is 1. The molecule has 1 aliphatic rings. The third-order valence-electron chi connectivity index (χ3n) is 4.52. The highest BCUT2D eigenvalue weighted by molar-refractivity contribution is 5.98. The van der Waals surface area contributed by atoms with Crippen LogP contribution in [0.3, 0.4) is 0 Å². The Morgan fingerprint density at radius 2 is 2.04 bits per heavy atom. The lowest BCUT2D eigenvalue weighted by Gasteiger charge is -2.33. The van der Waals surface area contributed by atoms with Crippen LogP contribution >= 0.6 is 0 Å². The lowest BCUT2D eigenvalue weighted by atomic mass is 9.93. The highest BCUT2D eigenvalue weighted by Crippen LogP contribution is 2.27. The normalized spacial score (nSPS) is 16.6. The largest absolute Gasteiger partial charge is 0.374 e. The summed E-state index contributed by atoms with van der Waals surface area (Å²) in [5, 5.41) is 2.97. The van der Waals surface area contributed by atoms with Crippen molar-refractivity contribution in [2.24, 2.45) is 18.7 Å². The Labute approximate surface area is 141 Å². The fourth-order valence-electron chi connectivity index (χ4n) is 3.31. The van der Waals surface area contributed by atoms with E-state index in [-0.39, 0.29) is 5.91 Å². The van der Waals surface area contributed by atoms with Crippen LogP contribution in [0.2, 0.25) is 0 Å². The van der Waals surface area contributed by atoms with Gasteiger partial charge in [0.1, 0.15) is 5.69 Å². The van der Waals surface area contributed by atoms with Crippen molar-refractivity contribution in [2.45, 2.75) is 6.42 Å². The second-order valence-corrected chi connectivity index (χ2v) is 6.38. The molecule has 2 amide bonds. The first-order chi connectivity index (χ1) is 11.5. The van der Waals surface area contributed by atoms with Crippen LogP contribution in [-0.2, 0) is 13.5 Å². The van der Waals surface area contributed by atoms with Gasteiger partial charge in [-0.2, -0.15) is 0 Å². The Balaban J connectivity index is 1.64. The van der Waals surface area contributed by atoms with Crippen molar-refractivity contribution in [3.05, 3.63) is 53.3 Å². The Morgan fingerprint density at radius 1 is 1.29 bits per heavy atom. The molecule has 2 heterocycles. The van der Waals surface area contributed by atoms with Crippen LogP contribution in [0.1, 0.15) is 26.4 Å². The number of benzene rings is 1. The maximum Gasteiger partial charge on any atom is 0.267 e. The summed E-state index contributed by atoms with van der Waals surface area (Å²) in [6.07, 6.45) is 2.52. The number of para-hydroxylation sites is 1. The molecular weight excluding hydrogens is 304 g/mol. The van der Waals surface area contributed by atoms with Gasteiger partial charge in [0.25, 0.3) is 5.91 Å². The van der Waals surface area contributed by atoms with Gasteiger partial charge in [-0.25, -0.2) is 0 Å².